The Morgan fingerprint density at radius 3 is 2.71 bits per heavy atom. The number of ether oxygens (including phenoxy) is 2. The van der Waals surface area contributed by atoms with Crippen molar-refractivity contribution in [2.75, 3.05) is 14.2 Å². The highest BCUT2D eigenvalue weighted by Gasteiger charge is 2.09. The number of furan rings is 1. The summed E-state index contributed by atoms with van der Waals surface area (Å²) in [5, 5.41) is 3.88. The molecule has 1 aromatic heterocycles. The van der Waals surface area contributed by atoms with Crippen LogP contribution in [0.15, 0.2) is 44.5 Å². The second-order valence-electron chi connectivity index (χ2n) is 3.91. The van der Waals surface area contributed by atoms with Crippen molar-refractivity contribution in [3.05, 3.63) is 46.3 Å². The molecule has 0 saturated carbocycles. The lowest BCUT2D eigenvalue weighted by molar-refractivity contribution is 0.0926. The van der Waals surface area contributed by atoms with E-state index < -0.39 is 5.91 Å². The third-order valence-electron chi connectivity index (χ3n) is 2.60. The highest BCUT2D eigenvalue weighted by molar-refractivity contribution is 9.10. The minimum absolute atomic E-state index is 0.164. The van der Waals surface area contributed by atoms with E-state index in [1.807, 2.05) is 0 Å². The van der Waals surface area contributed by atoms with E-state index in [2.05, 4.69) is 26.5 Å². The Bertz CT molecular complexity index is 667. The topological polar surface area (TPSA) is 73.1 Å². The van der Waals surface area contributed by atoms with E-state index >= 15 is 0 Å². The van der Waals surface area contributed by atoms with Crippen LogP contribution in [0.1, 0.15) is 16.1 Å². The zero-order valence-electron chi connectivity index (χ0n) is 11.4. The number of nitrogens with one attached hydrogen (secondary N) is 1. The summed E-state index contributed by atoms with van der Waals surface area (Å²) < 4.78 is 15.9. The number of benzene rings is 1. The quantitative estimate of drug-likeness (QED) is 0.663. The first kappa shape index (κ1) is 15.1. The lowest BCUT2D eigenvalue weighted by Crippen LogP contribution is -2.16. The van der Waals surface area contributed by atoms with Crippen LogP contribution in [0.4, 0.5) is 0 Å². The largest absolute Gasteiger partial charge is 0.497 e. The van der Waals surface area contributed by atoms with Crippen LogP contribution < -0.4 is 14.9 Å². The predicted molar refractivity (Wildman–Crippen MR) is 81.0 cm³/mol. The first-order chi connectivity index (χ1) is 10.1. The van der Waals surface area contributed by atoms with Crippen molar-refractivity contribution < 1.29 is 18.7 Å². The van der Waals surface area contributed by atoms with E-state index in [-0.39, 0.29) is 5.76 Å². The molecule has 0 radical (unpaired) electrons. The molecule has 0 aliphatic rings. The number of hydrogen-bond donors (Lipinski definition) is 1. The maximum atomic E-state index is 11.7. The minimum atomic E-state index is -0.446. The van der Waals surface area contributed by atoms with Crippen molar-refractivity contribution in [2.24, 2.45) is 5.10 Å². The molecule has 0 atom stereocenters. The third kappa shape index (κ3) is 3.85. The van der Waals surface area contributed by atoms with Crippen LogP contribution in [-0.4, -0.2) is 26.3 Å². The molecule has 0 spiro atoms. The number of rotatable bonds is 5. The van der Waals surface area contributed by atoms with Crippen LogP contribution >= 0.6 is 15.9 Å². The first-order valence-electron chi connectivity index (χ1n) is 5.95. The molecule has 110 valence electrons. The van der Waals surface area contributed by atoms with Gasteiger partial charge in [0.2, 0.25) is 0 Å². The minimum Gasteiger partial charge on any atom is -0.497 e. The van der Waals surface area contributed by atoms with E-state index in [1.165, 1.54) is 6.21 Å². The molecule has 0 aliphatic heterocycles. The third-order valence-corrected chi connectivity index (χ3v) is 3.03. The average Bonchev–Trinajstić information content (AvgIpc) is 2.93. The predicted octanol–water partition coefficient (Wildman–Crippen LogP) is 2.82. The van der Waals surface area contributed by atoms with Gasteiger partial charge in [-0.1, -0.05) is 0 Å². The van der Waals surface area contributed by atoms with Gasteiger partial charge in [-0.05, 0) is 46.3 Å². The summed E-state index contributed by atoms with van der Waals surface area (Å²) >= 11 is 3.12. The Labute approximate surface area is 129 Å². The molecule has 1 N–H and O–H groups in total. The molecule has 0 aliphatic carbocycles. The number of nitrogens with zero attached hydrogens (tertiary/aromatic N) is 1. The second-order valence-corrected chi connectivity index (χ2v) is 4.69. The Morgan fingerprint density at radius 1 is 1.29 bits per heavy atom. The number of carbonyl (C=O) groups excluding carboxylic acids is 1. The number of carbonyl (C=O) groups is 1. The second kappa shape index (κ2) is 6.94. The first-order valence-corrected chi connectivity index (χ1v) is 6.74. The summed E-state index contributed by atoms with van der Waals surface area (Å²) in [5.74, 6) is 1.00. The van der Waals surface area contributed by atoms with Crippen LogP contribution in [-0.2, 0) is 0 Å². The maximum absolute atomic E-state index is 11.7. The molecular formula is C14H13BrN2O4. The Balaban J connectivity index is 2.08. The monoisotopic (exact) mass is 352 g/mol. The van der Waals surface area contributed by atoms with Gasteiger partial charge in [0.25, 0.3) is 0 Å². The van der Waals surface area contributed by atoms with Gasteiger partial charge in [0.1, 0.15) is 11.5 Å². The van der Waals surface area contributed by atoms with Gasteiger partial charge in [-0.3, -0.25) is 4.79 Å². The number of hydrogen-bond acceptors (Lipinski definition) is 5. The summed E-state index contributed by atoms with van der Waals surface area (Å²) in [6.45, 7) is 0. The van der Waals surface area contributed by atoms with E-state index in [9.17, 15) is 4.79 Å². The normalized spacial score (nSPS) is 10.6. The van der Waals surface area contributed by atoms with Crippen LogP contribution in [0.3, 0.4) is 0 Å². The van der Waals surface area contributed by atoms with E-state index in [0.717, 1.165) is 0 Å². The van der Waals surface area contributed by atoms with Gasteiger partial charge in [0.15, 0.2) is 10.4 Å². The molecule has 0 fully saturated rings. The van der Waals surface area contributed by atoms with Gasteiger partial charge in [0.05, 0.1) is 20.4 Å². The zero-order chi connectivity index (χ0) is 15.2. The molecule has 2 rings (SSSR count). The fourth-order valence-electron chi connectivity index (χ4n) is 1.59. The fourth-order valence-corrected chi connectivity index (χ4v) is 1.90. The lowest BCUT2D eigenvalue weighted by atomic mass is 10.2. The number of hydrazone groups is 1. The lowest BCUT2D eigenvalue weighted by Gasteiger charge is -2.06. The van der Waals surface area contributed by atoms with E-state index in [4.69, 9.17) is 13.9 Å². The van der Waals surface area contributed by atoms with Crippen molar-refractivity contribution in [3.8, 4) is 11.5 Å². The molecule has 1 amide bonds. The van der Waals surface area contributed by atoms with E-state index in [0.29, 0.717) is 21.7 Å². The summed E-state index contributed by atoms with van der Waals surface area (Å²) in [6.07, 6.45) is 1.47. The summed E-state index contributed by atoms with van der Waals surface area (Å²) in [7, 11) is 3.12. The smallest absolute Gasteiger partial charge is 0.307 e. The maximum Gasteiger partial charge on any atom is 0.307 e. The van der Waals surface area contributed by atoms with Gasteiger partial charge >= 0.3 is 5.91 Å². The summed E-state index contributed by atoms with van der Waals surface area (Å²) in [6, 6.07) is 8.45. The van der Waals surface area contributed by atoms with Crippen molar-refractivity contribution in [1.82, 2.24) is 5.43 Å². The number of amides is 1. The molecule has 0 saturated heterocycles. The Kier molecular flexibility index (Phi) is 4.99. The molecular weight excluding hydrogens is 340 g/mol. The Hall–Kier alpha value is -2.28. The molecule has 7 heteroatoms. The van der Waals surface area contributed by atoms with Crippen molar-refractivity contribution in [1.29, 1.82) is 0 Å². The van der Waals surface area contributed by atoms with Gasteiger partial charge < -0.3 is 13.9 Å². The highest BCUT2D eigenvalue weighted by atomic mass is 79.9. The summed E-state index contributed by atoms with van der Waals surface area (Å²) in [4.78, 5) is 11.7. The standard InChI is InChI=1S/C14H13BrN2O4/c1-19-10-3-4-11(20-2)9(7-10)8-16-17-14(18)12-5-6-13(15)21-12/h3-8H,1-2H3,(H,17,18)/b16-8+. The molecule has 21 heavy (non-hydrogen) atoms. The summed E-state index contributed by atoms with van der Waals surface area (Å²) in [5.41, 5.74) is 3.05. The van der Waals surface area contributed by atoms with Crippen LogP contribution in [0.2, 0.25) is 0 Å². The fraction of sp³-hybridized carbons (Fsp3) is 0.143. The Morgan fingerprint density at radius 2 is 2.10 bits per heavy atom. The van der Waals surface area contributed by atoms with Crippen LogP contribution in [0.5, 0.6) is 11.5 Å². The van der Waals surface area contributed by atoms with Crippen molar-refractivity contribution in [3.63, 3.8) is 0 Å². The number of methoxy groups -OCH3 is 2. The molecule has 6 nitrogen and oxygen atoms in total. The molecule has 0 unspecified atom stereocenters. The number of halogens is 1. The zero-order valence-corrected chi connectivity index (χ0v) is 13.0. The molecule has 0 bridgehead atoms. The van der Waals surface area contributed by atoms with Crippen molar-refractivity contribution >= 4 is 28.1 Å². The van der Waals surface area contributed by atoms with E-state index in [1.54, 1.807) is 44.6 Å². The molecule has 2 aromatic rings. The molecule has 1 heterocycles. The highest BCUT2D eigenvalue weighted by Crippen LogP contribution is 2.22. The molecule has 1 aromatic carbocycles. The van der Waals surface area contributed by atoms with Gasteiger partial charge in [0, 0.05) is 5.56 Å². The SMILES string of the molecule is COc1ccc(OC)c(/C=N/NC(=O)c2ccc(Br)o2)c1. The average molecular weight is 353 g/mol. The van der Waals surface area contributed by atoms with Gasteiger partial charge in [-0.15, -0.1) is 0 Å². The van der Waals surface area contributed by atoms with Crippen molar-refractivity contribution in [2.45, 2.75) is 0 Å². The van der Waals surface area contributed by atoms with Crippen LogP contribution in [0.25, 0.3) is 0 Å². The van der Waals surface area contributed by atoms with Crippen LogP contribution in [0, 0.1) is 0 Å². The van der Waals surface area contributed by atoms with Gasteiger partial charge in [-0.2, -0.15) is 5.10 Å². The van der Waals surface area contributed by atoms with Gasteiger partial charge in [-0.25, -0.2) is 5.43 Å².